The topological polar surface area (TPSA) is 95.9 Å². The van der Waals surface area contributed by atoms with Crippen molar-refractivity contribution in [3.8, 4) is 0 Å². The number of unbranched alkanes of at least 4 members (excludes halogenated alkanes) is 55. The van der Waals surface area contributed by atoms with E-state index in [0.29, 0.717) is 25.9 Å². The molecule has 2 atom stereocenters. The average Bonchev–Trinajstić information content (AvgIpc) is 3.41. The number of carbonyl (C=O) groups is 2. The van der Waals surface area contributed by atoms with E-state index in [0.717, 1.165) is 38.5 Å². The van der Waals surface area contributed by atoms with Crippen LogP contribution in [0, 0.1) is 0 Å². The summed E-state index contributed by atoms with van der Waals surface area (Å²) < 4.78 is 5.51. The molecule has 0 fully saturated rings. The molecular formula is C69H137NO5. The lowest BCUT2D eigenvalue weighted by Gasteiger charge is -2.22. The molecule has 0 rings (SSSR count). The summed E-state index contributed by atoms with van der Waals surface area (Å²) in [4.78, 5) is 24.7. The lowest BCUT2D eigenvalue weighted by atomic mass is 10.0. The number of hydrogen-bond donors (Lipinski definition) is 3. The second-order valence-electron chi connectivity index (χ2n) is 24.2. The van der Waals surface area contributed by atoms with Crippen LogP contribution in [-0.4, -0.2) is 47.4 Å². The summed E-state index contributed by atoms with van der Waals surface area (Å²) in [5.74, 6) is -0.0172. The van der Waals surface area contributed by atoms with Crippen molar-refractivity contribution in [3.63, 3.8) is 0 Å². The number of esters is 1. The summed E-state index contributed by atoms with van der Waals surface area (Å²) in [7, 11) is 0. The smallest absolute Gasteiger partial charge is 0.305 e. The molecular weight excluding hydrogens is 923 g/mol. The van der Waals surface area contributed by atoms with Gasteiger partial charge in [0.05, 0.1) is 25.4 Å². The minimum absolute atomic E-state index is 0.0152. The van der Waals surface area contributed by atoms with E-state index in [1.54, 1.807) is 0 Å². The molecule has 0 aliphatic rings. The van der Waals surface area contributed by atoms with Crippen molar-refractivity contribution >= 4 is 11.9 Å². The summed E-state index contributed by atoms with van der Waals surface area (Å²) in [6.07, 6.45) is 78.5. The Kier molecular flexibility index (Phi) is 64.4. The van der Waals surface area contributed by atoms with Crippen LogP contribution < -0.4 is 5.32 Å². The predicted molar refractivity (Wildman–Crippen MR) is 329 cm³/mol. The van der Waals surface area contributed by atoms with Gasteiger partial charge in [-0.25, -0.2) is 0 Å². The molecule has 0 aromatic heterocycles. The van der Waals surface area contributed by atoms with Gasteiger partial charge in [0.25, 0.3) is 0 Å². The van der Waals surface area contributed by atoms with Crippen LogP contribution >= 0.6 is 0 Å². The second-order valence-corrected chi connectivity index (χ2v) is 24.2. The van der Waals surface area contributed by atoms with Crippen LogP contribution in [0.5, 0.6) is 0 Å². The molecule has 0 aromatic carbocycles. The molecule has 0 spiro atoms. The molecule has 0 bridgehead atoms. The first kappa shape index (κ1) is 73.9. The lowest BCUT2D eigenvalue weighted by molar-refractivity contribution is -0.143. The van der Waals surface area contributed by atoms with Gasteiger partial charge < -0.3 is 20.3 Å². The van der Waals surface area contributed by atoms with Crippen LogP contribution in [0.2, 0.25) is 0 Å². The quantitative estimate of drug-likeness (QED) is 0.0417. The van der Waals surface area contributed by atoms with E-state index >= 15 is 0 Å². The van der Waals surface area contributed by atoms with Crippen molar-refractivity contribution < 1.29 is 24.5 Å². The van der Waals surface area contributed by atoms with Crippen LogP contribution in [0.3, 0.4) is 0 Å². The SMILES string of the molecule is CCCCCCCCCCCCCCCCCCCCCCCC(O)C(CO)NC(=O)CCCCCCCCCCCCCCCCCCCCCOC(=O)CCCCCCCCCCCCCCCCCCCC. The fourth-order valence-electron chi connectivity index (χ4n) is 11.4. The summed E-state index contributed by atoms with van der Waals surface area (Å²) in [5, 5.41) is 23.4. The van der Waals surface area contributed by atoms with Gasteiger partial charge in [0, 0.05) is 12.8 Å². The van der Waals surface area contributed by atoms with E-state index in [1.165, 1.54) is 334 Å². The Balaban J connectivity index is 3.37. The molecule has 0 saturated heterocycles. The first-order valence-corrected chi connectivity index (χ1v) is 34.8. The van der Waals surface area contributed by atoms with Crippen LogP contribution in [0.1, 0.15) is 406 Å². The highest BCUT2D eigenvalue weighted by Gasteiger charge is 2.20. The molecule has 0 heterocycles. The standard InChI is InChI=1S/C69H137NO5/c1-3-5-7-9-11-13-15-17-19-21-23-24-26-29-33-37-41-45-49-53-57-61-67(72)66(65-71)70-68(73)62-58-54-50-46-42-38-34-30-27-25-28-32-36-40-44-48-52-56-60-64-75-69(74)63-59-55-51-47-43-39-35-31-22-20-18-16-14-12-10-8-6-4-2/h66-67,71-72H,3-65H2,1-2H3,(H,70,73). The van der Waals surface area contributed by atoms with Gasteiger partial charge in [-0.1, -0.05) is 367 Å². The summed E-state index contributed by atoms with van der Waals surface area (Å²) in [6.45, 7) is 5.00. The molecule has 2 unspecified atom stereocenters. The highest BCUT2D eigenvalue weighted by Crippen LogP contribution is 2.19. The van der Waals surface area contributed by atoms with E-state index in [2.05, 4.69) is 19.2 Å². The number of carbonyl (C=O) groups excluding carboxylic acids is 2. The lowest BCUT2D eigenvalue weighted by Crippen LogP contribution is -2.45. The van der Waals surface area contributed by atoms with Crippen LogP contribution in [-0.2, 0) is 14.3 Å². The highest BCUT2D eigenvalue weighted by molar-refractivity contribution is 5.76. The minimum atomic E-state index is -0.666. The molecule has 0 aliphatic heterocycles. The molecule has 0 radical (unpaired) electrons. The van der Waals surface area contributed by atoms with Crippen LogP contribution in [0.25, 0.3) is 0 Å². The molecule has 3 N–H and O–H groups in total. The molecule has 0 saturated carbocycles. The number of nitrogens with one attached hydrogen (secondary N) is 1. The monoisotopic (exact) mass is 1060 g/mol. The molecule has 6 nitrogen and oxygen atoms in total. The first-order chi connectivity index (χ1) is 37.0. The van der Waals surface area contributed by atoms with E-state index in [4.69, 9.17) is 4.74 Å². The maximum atomic E-state index is 12.5. The van der Waals surface area contributed by atoms with Crippen molar-refractivity contribution in [2.24, 2.45) is 0 Å². The summed E-state index contributed by atoms with van der Waals surface area (Å²) >= 11 is 0. The van der Waals surface area contributed by atoms with E-state index in [-0.39, 0.29) is 18.5 Å². The van der Waals surface area contributed by atoms with Gasteiger partial charge in [-0.05, 0) is 25.7 Å². The largest absolute Gasteiger partial charge is 0.466 e. The molecule has 75 heavy (non-hydrogen) atoms. The zero-order valence-corrected chi connectivity index (χ0v) is 51.3. The number of aliphatic hydroxyl groups is 2. The van der Waals surface area contributed by atoms with Gasteiger partial charge >= 0.3 is 5.97 Å². The Morgan fingerprint density at radius 3 is 0.813 bits per heavy atom. The highest BCUT2D eigenvalue weighted by atomic mass is 16.5. The third-order valence-electron chi connectivity index (χ3n) is 16.7. The maximum Gasteiger partial charge on any atom is 0.305 e. The zero-order valence-electron chi connectivity index (χ0n) is 51.3. The average molecular weight is 1060 g/mol. The Hall–Kier alpha value is -1.14. The van der Waals surface area contributed by atoms with Crippen LogP contribution in [0.4, 0.5) is 0 Å². The zero-order chi connectivity index (χ0) is 54.3. The Morgan fingerprint density at radius 2 is 0.547 bits per heavy atom. The van der Waals surface area contributed by atoms with Gasteiger partial charge in [0.2, 0.25) is 5.91 Å². The van der Waals surface area contributed by atoms with E-state index in [9.17, 15) is 19.8 Å². The Labute approximate surface area is 470 Å². The fraction of sp³-hybridized carbons (Fsp3) is 0.971. The third-order valence-corrected chi connectivity index (χ3v) is 16.7. The minimum Gasteiger partial charge on any atom is -0.466 e. The van der Waals surface area contributed by atoms with Gasteiger partial charge in [0.1, 0.15) is 0 Å². The molecule has 448 valence electrons. The number of amides is 1. The van der Waals surface area contributed by atoms with Gasteiger partial charge in [-0.15, -0.1) is 0 Å². The molecule has 0 aliphatic carbocycles. The van der Waals surface area contributed by atoms with Gasteiger partial charge in [-0.3, -0.25) is 9.59 Å². The van der Waals surface area contributed by atoms with E-state index in [1.807, 2.05) is 0 Å². The Bertz CT molecular complexity index is 1080. The molecule has 1 amide bonds. The van der Waals surface area contributed by atoms with Crippen molar-refractivity contribution in [1.82, 2.24) is 5.32 Å². The molecule has 6 heteroatoms. The van der Waals surface area contributed by atoms with Gasteiger partial charge in [-0.2, -0.15) is 0 Å². The first-order valence-electron chi connectivity index (χ1n) is 34.8. The number of hydrogen-bond acceptors (Lipinski definition) is 5. The normalized spacial score (nSPS) is 12.4. The van der Waals surface area contributed by atoms with Crippen molar-refractivity contribution in [2.75, 3.05) is 13.2 Å². The summed E-state index contributed by atoms with van der Waals surface area (Å²) in [6, 6.07) is -0.544. The third kappa shape index (κ3) is 61.9. The number of ether oxygens (including phenoxy) is 1. The fourth-order valence-corrected chi connectivity index (χ4v) is 11.4. The van der Waals surface area contributed by atoms with Crippen LogP contribution in [0.15, 0.2) is 0 Å². The van der Waals surface area contributed by atoms with E-state index < -0.39 is 12.1 Å². The predicted octanol–water partition coefficient (Wildman–Crippen LogP) is 22.2. The number of rotatable bonds is 66. The second kappa shape index (κ2) is 65.4. The summed E-state index contributed by atoms with van der Waals surface area (Å²) in [5.41, 5.74) is 0. The Morgan fingerprint density at radius 1 is 0.320 bits per heavy atom. The molecule has 0 aromatic rings. The van der Waals surface area contributed by atoms with Crippen molar-refractivity contribution in [1.29, 1.82) is 0 Å². The number of aliphatic hydroxyl groups excluding tert-OH is 2. The van der Waals surface area contributed by atoms with Gasteiger partial charge in [0.15, 0.2) is 0 Å². The maximum absolute atomic E-state index is 12.5. The van der Waals surface area contributed by atoms with Crippen molar-refractivity contribution in [3.05, 3.63) is 0 Å². The van der Waals surface area contributed by atoms with Crippen molar-refractivity contribution in [2.45, 2.75) is 418 Å².